The number of hydrogen-bond acceptors (Lipinski definition) is 5. The van der Waals surface area contributed by atoms with Gasteiger partial charge in [-0.15, -0.1) is 0 Å². The minimum atomic E-state index is -0.771. The Morgan fingerprint density at radius 2 is 1.89 bits per heavy atom. The summed E-state index contributed by atoms with van der Waals surface area (Å²) in [5.41, 5.74) is 3.76. The first-order valence-electron chi connectivity index (χ1n) is 8.80. The van der Waals surface area contributed by atoms with E-state index in [-0.39, 0.29) is 6.54 Å². The standard InChI is InChI=1S/C20H25N3O4/c1-23-7-6-13-8-14(4-5-18(13)23)19(24)12-21-20(25)22-15-9-16(26-2)11-17(10-15)27-3/h4-5,8-11,19,24H,6-7,12H2,1-3H3,(H2,21,22,25). The molecular weight excluding hydrogens is 346 g/mol. The van der Waals surface area contributed by atoms with Crippen molar-refractivity contribution in [2.75, 3.05) is 44.6 Å². The van der Waals surface area contributed by atoms with Crippen LogP contribution in [0.4, 0.5) is 16.2 Å². The molecule has 7 nitrogen and oxygen atoms in total. The molecule has 0 aliphatic carbocycles. The number of carbonyl (C=O) groups excluding carboxylic acids is 1. The number of methoxy groups -OCH3 is 2. The Morgan fingerprint density at radius 3 is 2.56 bits per heavy atom. The van der Waals surface area contributed by atoms with Crippen LogP contribution in [-0.2, 0) is 6.42 Å². The lowest BCUT2D eigenvalue weighted by Gasteiger charge is -2.16. The van der Waals surface area contributed by atoms with Gasteiger partial charge in [-0.3, -0.25) is 0 Å². The highest BCUT2D eigenvalue weighted by Gasteiger charge is 2.18. The quantitative estimate of drug-likeness (QED) is 0.727. The second kappa shape index (κ2) is 8.18. The summed E-state index contributed by atoms with van der Waals surface area (Å²) >= 11 is 0. The molecule has 0 radical (unpaired) electrons. The number of benzene rings is 2. The van der Waals surface area contributed by atoms with Crippen LogP contribution in [0.1, 0.15) is 17.2 Å². The van der Waals surface area contributed by atoms with E-state index in [0.717, 1.165) is 18.5 Å². The van der Waals surface area contributed by atoms with Gasteiger partial charge in [-0.2, -0.15) is 0 Å². The number of likely N-dealkylation sites (N-methyl/N-ethyl adjacent to an activating group) is 1. The third-order valence-electron chi connectivity index (χ3n) is 4.68. The van der Waals surface area contributed by atoms with E-state index >= 15 is 0 Å². The second-order valence-electron chi connectivity index (χ2n) is 6.51. The lowest BCUT2D eigenvalue weighted by molar-refractivity contribution is 0.175. The zero-order valence-electron chi connectivity index (χ0n) is 15.8. The molecule has 3 rings (SSSR count). The van der Waals surface area contributed by atoms with Crippen LogP contribution in [0.3, 0.4) is 0 Å². The summed E-state index contributed by atoms with van der Waals surface area (Å²) in [6.45, 7) is 1.10. The normalized spacial score (nSPS) is 13.7. The molecular formula is C20H25N3O4. The molecule has 1 heterocycles. The van der Waals surface area contributed by atoms with Gasteiger partial charge in [0.15, 0.2) is 0 Å². The lowest BCUT2D eigenvalue weighted by atomic mass is 10.0. The Labute approximate surface area is 158 Å². The third kappa shape index (κ3) is 4.43. The summed E-state index contributed by atoms with van der Waals surface area (Å²) in [6, 6.07) is 10.6. The third-order valence-corrected chi connectivity index (χ3v) is 4.68. The molecule has 1 unspecified atom stereocenters. The number of nitrogens with zero attached hydrogens (tertiary/aromatic N) is 1. The van der Waals surface area contributed by atoms with Crippen molar-refractivity contribution >= 4 is 17.4 Å². The number of aliphatic hydroxyl groups is 1. The number of hydrogen-bond donors (Lipinski definition) is 3. The fraction of sp³-hybridized carbons (Fsp3) is 0.350. The van der Waals surface area contributed by atoms with E-state index in [2.05, 4.69) is 22.6 Å². The number of anilines is 2. The number of fused-ring (bicyclic) bond motifs is 1. The Hall–Kier alpha value is -2.93. The van der Waals surface area contributed by atoms with Gasteiger partial charge in [0.1, 0.15) is 11.5 Å². The zero-order chi connectivity index (χ0) is 19.4. The maximum absolute atomic E-state index is 12.2. The van der Waals surface area contributed by atoms with E-state index < -0.39 is 12.1 Å². The van der Waals surface area contributed by atoms with E-state index in [1.54, 1.807) is 32.4 Å². The molecule has 0 spiro atoms. The van der Waals surface area contributed by atoms with Crippen molar-refractivity contribution in [1.82, 2.24) is 5.32 Å². The van der Waals surface area contributed by atoms with Crippen molar-refractivity contribution in [3.63, 3.8) is 0 Å². The van der Waals surface area contributed by atoms with Crippen molar-refractivity contribution in [3.05, 3.63) is 47.5 Å². The van der Waals surface area contributed by atoms with E-state index in [1.165, 1.54) is 11.3 Å². The van der Waals surface area contributed by atoms with Gasteiger partial charge in [-0.05, 0) is 23.6 Å². The van der Waals surface area contributed by atoms with Crippen LogP contribution in [-0.4, -0.2) is 45.5 Å². The smallest absolute Gasteiger partial charge is 0.319 e. The van der Waals surface area contributed by atoms with E-state index in [9.17, 15) is 9.90 Å². The predicted octanol–water partition coefficient (Wildman–Crippen LogP) is 2.55. The second-order valence-corrected chi connectivity index (χ2v) is 6.51. The van der Waals surface area contributed by atoms with Gasteiger partial charge in [0.2, 0.25) is 0 Å². The van der Waals surface area contributed by atoms with Crippen molar-refractivity contribution in [1.29, 1.82) is 0 Å². The van der Waals surface area contributed by atoms with E-state index in [4.69, 9.17) is 9.47 Å². The van der Waals surface area contributed by atoms with Crippen LogP contribution >= 0.6 is 0 Å². The van der Waals surface area contributed by atoms with Crippen molar-refractivity contribution in [2.24, 2.45) is 0 Å². The number of urea groups is 1. The number of aliphatic hydroxyl groups excluding tert-OH is 1. The lowest BCUT2D eigenvalue weighted by Crippen LogP contribution is -2.32. The Bertz CT molecular complexity index is 803. The fourth-order valence-electron chi connectivity index (χ4n) is 3.16. The molecule has 7 heteroatoms. The number of carbonyl (C=O) groups is 1. The van der Waals surface area contributed by atoms with Gasteiger partial charge >= 0.3 is 6.03 Å². The van der Waals surface area contributed by atoms with Gasteiger partial charge in [0, 0.05) is 49.7 Å². The Kier molecular flexibility index (Phi) is 5.71. The van der Waals surface area contributed by atoms with Crippen LogP contribution < -0.4 is 25.0 Å². The maximum atomic E-state index is 12.2. The molecule has 2 amide bonds. The van der Waals surface area contributed by atoms with Gasteiger partial charge < -0.3 is 30.1 Å². The molecule has 27 heavy (non-hydrogen) atoms. The highest BCUT2D eigenvalue weighted by atomic mass is 16.5. The number of nitrogens with one attached hydrogen (secondary N) is 2. The Morgan fingerprint density at radius 1 is 1.19 bits per heavy atom. The highest BCUT2D eigenvalue weighted by molar-refractivity contribution is 5.89. The molecule has 0 saturated carbocycles. The molecule has 0 aromatic heterocycles. The highest BCUT2D eigenvalue weighted by Crippen LogP contribution is 2.29. The Balaban J connectivity index is 1.58. The first kappa shape index (κ1) is 18.8. The average molecular weight is 371 g/mol. The molecule has 1 atom stereocenters. The minimum Gasteiger partial charge on any atom is -0.497 e. The molecule has 1 aliphatic rings. The predicted molar refractivity (Wildman–Crippen MR) is 105 cm³/mol. The molecule has 0 saturated heterocycles. The first-order chi connectivity index (χ1) is 13.0. The van der Waals surface area contributed by atoms with Crippen LogP contribution in [0.15, 0.2) is 36.4 Å². The van der Waals surface area contributed by atoms with Crippen molar-refractivity contribution in [3.8, 4) is 11.5 Å². The van der Waals surface area contributed by atoms with Crippen LogP contribution in [0, 0.1) is 0 Å². The van der Waals surface area contributed by atoms with E-state index in [1.807, 2.05) is 18.2 Å². The summed E-state index contributed by atoms with van der Waals surface area (Å²) in [6.07, 6.45) is 0.199. The van der Waals surface area contributed by atoms with Gasteiger partial charge in [-0.25, -0.2) is 4.79 Å². The van der Waals surface area contributed by atoms with Gasteiger partial charge in [0.25, 0.3) is 0 Å². The molecule has 1 aliphatic heterocycles. The van der Waals surface area contributed by atoms with Crippen LogP contribution in [0.25, 0.3) is 0 Å². The van der Waals surface area contributed by atoms with Gasteiger partial charge in [-0.1, -0.05) is 12.1 Å². The molecule has 144 valence electrons. The number of ether oxygens (including phenoxy) is 2. The molecule has 2 aromatic rings. The molecule has 3 N–H and O–H groups in total. The average Bonchev–Trinajstić information content (AvgIpc) is 3.06. The minimum absolute atomic E-state index is 0.113. The van der Waals surface area contributed by atoms with Crippen LogP contribution in [0.2, 0.25) is 0 Å². The van der Waals surface area contributed by atoms with Gasteiger partial charge in [0.05, 0.1) is 20.3 Å². The molecule has 0 fully saturated rings. The van der Waals surface area contributed by atoms with Crippen LogP contribution in [0.5, 0.6) is 11.5 Å². The molecule has 2 aromatic carbocycles. The largest absolute Gasteiger partial charge is 0.497 e. The topological polar surface area (TPSA) is 83.1 Å². The first-order valence-corrected chi connectivity index (χ1v) is 8.80. The fourth-order valence-corrected chi connectivity index (χ4v) is 3.16. The van der Waals surface area contributed by atoms with Crippen molar-refractivity contribution < 1.29 is 19.4 Å². The summed E-state index contributed by atoms with van der Waals surface area (Å²) in [5, 5.41) is 15.8. The number of rotatable bonds is 6. The monoisotopic (exact) mass is 371 g/mol. The summed E-state index contributed by atoms with van der Waals surface area (Å²) in [7, 11) is 5.15. The summed E-state index contributed by atoms with van der Waals surface area (Å²) < 4.78 is 10.4. The molecule has 0 bridgehead atoms. The van der Waals surface area contributed by atoms with Crippen molar-refractivity contribution in [2.45, 2.75) is 12.5 Å². The zero-order valence-corrected chi connectivity index (χ0v) is 15.8. The SMILES string of the molecule is COc1cc(NC(=O)NCC(O)c2ccc3c(c2)CCN3C)cc(OC)c1. The number of amides is 2. The summed E-state index contributed by atoms with van der Waals surface area (Å²) in [5.74, 6) is 1.15. The van der Waals surface area contributed by atoms with E-state index in [0.29, 0.717) is 17.2 Å². The maximum Gasteiger partial charge on any atom is 0.319 e. The summed E-state index contributed by atoms with van der Waals surface area (Å²) in [4.78, 5) is 14.4.